The highest BCUT2D eigenvalue weighted by Crippen LogP contribution is 2.24. The van der Waals surface area contributed by atoms with Gasteiger partial charge in [-0.05, 0) is 75.4 Å². The minimum atomic E-state index is -0.997. The molecule has 32 heavy (non-hydrogen) atoms. The van der Waals surface area contributed by atoms with Crippen molar-refractivity contribution < 1.29 is 14.7 Å². The summed E-state index contributed by atoms with van der Waals surface area (Å²) < 4.78 is 0. The van der Waals surface area contributed by atoms with Crippen LogP contribution in [0.25, 0.3) is 0 Å². The summed E-state index contributed by atoms with van der Waals surface area (Å²) in [5.74, 6) is -0.183. The van der Waals surface area contributed by atoms with E-state index in [1.54, 1.807) is 12.1 Å². The number of unbranched alkanes of at least 4 members (excludes halogenated alkanes) is 1. The minimum Gasteiger partial charge on any atom is -0.480 e. The first-order chi connectivity index (χ1) is 15.6. The number of amides is 1. The van der Waals surface area contributed by atoms with Gasteiger partial charge in [-0.3, -0.25) is 9.59 Å². The molecule has 170 valence electrons. The molecule has 0 spiro atoms. The molecule has 2 aromatic rings. The summed E-state index contributed by atoms with van der Waals surface area (Å²) in [5.41, 5.74) is 3.10. The molecular weight excluding hydrogens is 404 g/mol. The Bertz CT molecular complexity index is 934. The molecular formula is C25H32N4O3. The molecule has 1 aromatic heterocycles. The maximum atomic E-state index is 13.1. The molecule has 0 bridgehead atoms. The van der Waals surface area contributed by atoms with Gasteiger partial charge in [0.2, 0.25) is 5.91 Å². The van der Waals surface area contributed by atoms with Gasteiger partial charge in [0.25, 0.3) is 0 Å². The van der Waals surface area contributed by atoms with Crippen molar-refractivity contribution in [3.63, 3.8) is 0 Å². The largest absolute Gasteiger partial charge is 0.480 e. The van der Waals surface area contributed by atoms with Gasteiger partial charge in [-0.25, -0.2) is 4.98 Å². The van der Waals surface area contributed by atoms with Crippen LogP contribution in [0, 0.1) is 5.92 Å². The molecule has 1 fully saturated rings. The van der Waals surface area contributed by atoms with Gasteiger partial charge in [0.05, 0.1) is 5.92 Å². The van der Waals surface area contributed by atoms with E-state index < -0.39 is 5.97 Å². The van der Waals surface area contributed by atoms with Crippen molar-refractivity contribution in [3.05, 3.63) is 53.7 Å². The summed E-state index contributed by atoms with van der Waals surface area (Å²) in [6.07, 6.45) is 6.15. The van der Waals surface area contributed by atoms with Gasteiger partial charge in [0.1, 0.15) is 12.4 Å². The molecule has 1 atom stereocenters. The van der Waals surface area contributed by atoms with Crippen molar-refractivity contribution in [2.75, 3.05) is 42.9 Å². The fraction of sp³-hybridized carbons (Fsp3) is 0.480. The molecule has 1 unspecified atom stereocenters. The Morgan fingerprint density at radius 1 is 1.16 bits per heavy atom. The number of rotatable bonds is 9. The molecule has 4 rings (SSSR count). The molecule has 7 nitrogen and oxygen atoms in total. The number of benzene rings is 1. The molecule has 2 aliphatic rings. The average Bonchev–Trinajstić information content (AvgIpc) is 3.29. The van der Waals surface area contributed by atoms with Crippen LogP contribution >= 0.6 is 0 Å². The molecule has 1 aromatic carbocycles. The van der Waals surface area contributed by atoms with Crippen LogP contribution in [0.5, 0.6) is 0 Å². The number of carboxylic acid groups (broad SMARTS) is 1. The molecule has 0 saturated carbocycles. The lowest BCUT2D eigenvalue weighted by atomic mass is 10.1. The van der Waals surface area contributed by atoms with Crippen LogP contribution in [-0.4, -0.2) is 59.6 Å². The number of aromatic nitrogens is 1. The zero-order valence-electron chi connectivity index (χ0n) is 18.5. The van der Waals surface area contributed by atoms with Gasteiger partial charge in [-0.1, -0.05) is 24.3 Å². The maximum Gasteiger partial charge on any atom is 0.323 e. The number of fused-ring (bicyclic) bond motifs is 1. The lowest BCUT2D eigenvalue weighted by Crippen LogP contribution is -2.40. The van der Waals surface area contributed by atoms with Crippen LogP contribution in [0.2, 0.25) is 0 Å². The van der Waals surface area contributed by atoms with E-state index >= 15 is 0 Å². The fourth-order valence-electron chi connectivity index (χ4n) is 4.65. The number of carbonyl (C=O) groups is 2. The normalized spacial score (nSPS) is 18.1. The third-order valence-corrected chi connectivity index (χ3v) is 6.36. The molecule has 1 amide bonds. The number of nitrogens with one attached hydrogen (secondary N) is 1. The van der Waals surface area contributed by atoms with Crippen LogP contribution in [0.4, 0.5) is 11.5 Å². The summed E-state index contributed by atoms with van der Waals surface area (Å²) in [5, 5.41) is 12.7. The highest BCUT2D eigenvalue weighted by molar-refractivity contribution is 5.99. The third-order valence-electron chi connectivity index (χ3n) is 6.36. The second kappa shape index (κ2) is 10.6. The number of hydrogen-bond donors (Lipinski definition) is 2. The van der Waals surface area contributed by atoms with Gasteiger partial charge < -0.3 is 20.2 Å². The standard InChI is InChI=1S/C25H32N4O3/c30-23(31)18-29(22-9-2-1-3-10-22)25(32)20-13-16-28(17-20)15-5-4-8-21-12-11-19-7-6-14-26-24(19)27-21/h1-3,9-12,20H,4-8,13-18H2,(H,26,27)(H,30,31). The Balaban J connectivity index is 1.24. The Labute approximate surface area is 189 Å². The van der Waals surface area contributed by atoms with Crippen molar-refractivity contribution >= 4 is 23.4 Å². The van der Waals surface area contributed by atoms with E-state index in [0.717, 1.165) is 63.3 Å². The van der Waals surface area contributed by atoms with Gasteiger partial charge in [-0.15, -0.1) is 0 Å². The molecule has 3 heterocycles. The van der Waals surface area contributed by atoms with E-state index in [1.165, 1.54) is 16.9 Å². The number of nitrogens with zero attached hydrogens (tertiary/aromatic N) is 3. The number of hydrogen-bond acceptors (Lipinski definition) is 5. The van der Waals surface area contributed by atoms with E-state index in [9.17, 15) is 14.7 Å². The van der Waals surface area contributed by atoms with Crippen LogP contribution in [-0.2, 0) is 22.4 Å². The Morgan fingerprint density at radius 3 is 2.81 bits per heavy atom. The molecule has 0 radical (unpaired) electrons. The number of carbonyl (C=O) groups excluding carboxylic acids is 1. The van der Waals surface area contributed by atoms with Crippen LogP contribution in [0.1, 0.15) is 36.9 Å². The number of pyridine rings is 1. The fourth-order valence-corrected chi connectivity index (χ4v) is 4.65. The molecule has 2 N–H and O–H groups in total. The van der Waals surface area contributed by atoms with Crippen LogP contribution in [0.3, 0.4) is 0 Å². The summed E-state index contributed by atoms with van der Waals surface area (Å²) >= 11 is 0. The molecule has 1 saturated heterocycles. The predicted octanol–water partition coefficient (Wildman–Crippen LogP) is 3.20. The summed E-state index contributed by atoms with van der Waals surface area (Å²) in [6.45, 7) is 3.24. The average molecular weight is 437 g/mol. The minimum absolute atomic E-state index is 0.0909. The number of para-hydroxylation sites is 1. The zero-order chi connectivity index (χ0) is 22.3. The number of aryl methyl sites for hydroxylation is 2. The second-order valence-electron chi connectivity index (χ2n) is 8.74. The second-order valence-corrected chi connectivity index (χ2v) is 8.74. The first kappa shape index (κ1) is 22.3. The maximum absolute atomic E-state index is 13.1. The monoisotopic (exact) mass is 436 g/mol. The lowest BCUT2D eigenvalue weighted by molar-refractivity contribution is -0.137. The van der Waals surface area contributed by atoms with Crippen molar-refractivity contribution in [3.8, 4) is 0 Å². The summed E-state index contributed by atoms with van der Waals surface area (Å²) in [7, 11) is 0. The Morgan fingerprint density at radius 2 is 2.00 bits per heavy atom. The smallest absolute Gasteiger partial charge is 0.323 e. The van der Waals surface area contributed by atoms with Gasteiger partial charge in [0.15, 0.2) is 0 Å². The highest BCUT2D eigenvalue weighted by atomic mass is 16.4. The van der Waals surface area contributed by atoms with Crippen LogP contribution in [0.15, 0.2) is 42.5 Å². The van der Waals surface area contributed by atoms with E-state index in [1.807, 2.05) is 18.2 Å². The quantitative estimate of drug-likeness (QED) is 0.587. The van der Waals surface area contributed by atoms with Crippen LogP contribution < -0.4 is 10.2 Å². The van der Waals surface area contributed by atoms with Crippen molar-refractivity contribution in [1.29, 1.82) is 0 Å². The third kappa shape index (κ3) is 5.65. The SMILES string of the molecule is O=C(O)CN(C(=O)C1CCN(CCCCc2ccc3c(n2)NCCC3)C1)c1ccccc1. The van der Waals surface area contributed by atoms with Gasteiger partial charge in [0, 0.05) is 24.5 Å². The number of aliphatic carboxylic acids is 1. The predicted molar refractivity (Wildman–Crippen MR) is 125 cm³/mol. The molecule has 0 aliphatic carbocycles. The van der Waals surface area contributed by atoms with Crippen molar-refractivity contribution in [1.82, 2.24) is 9.88 Å². The Hall–Kier alpha value is -2.93. The molecule has 2 aliphatic heterocycles. The first-order valence-corrected chi connectivity index (χ1v) is 11.6. The topological polar surface area (TPSA) is 85.8 Å². The summed E-state index contributed by atoms with van der Waals surface area (Å²) in [6, 6.07) is 13.4. The van der Waals surface area contributed by atoms with E-state index in [0.29, 0.717) is 12.2 Å². The first-order valence-electron chi connectivity index (χ1n) is 11.6. The number of anilines is 2. The molecule has 7 heteroatoms. The van der Waals surface area contributed by atoms with Gasteiger partial charge >= 0.3 is 5.97 Å². The lowest BCUT2D eigenvalue weighted by Gasteiger charge is -2.24. The number of likely N-dealkylation sites (tertiary alicyclic amines) is 1. The van der Waals surface area contributed by atoms with Gasteiger partial charge in [-0.2, -0.15) is 0 Å². The number of carboxylic acids is 1. The van der Waals surface area contributed by atoms with E-state index in [4.69, 9.17) is 4.98 Å². The summed E-state index contributed by atoms with van der Waals surface area (Å²) in [4.78, 5) is 32.9. The zero-order valence-corrected chi connectivity index (χ0v) is 18.5. The highest BCUT2D eigenvalue weighted by Gasteiger charge is 2.32. The van der Waals surface area contributed by atoms with Crippen molar-refractivity contribution in [2.24, 2.45) is 5.92 Å². The van der Waals surface area contributed by atoms with E-state index in [-0.39, 0.29) is 18.4 Å². The van der Waals surface area contributed by atoms with E-state index in [2.05, 4.69) is 22.3 Å². The van der Waals surface area contributed by atoms with Crippen molar-refractivity contribution in [2.45, 2.75) is 38.5 Å². The Kier molecular flexibility index (Phi) is 7.37.